The predicted molar refractivity (Wildman–Crippen MR) is 142 cm³/mol. The fourth-order valence-corrected chi connectivity index (χ4v) is 3.46. The molecule has 0 aromatic heterocycles. The molecule has 4 aromatic carbocycles. The van der Waals surface area contributed by atoms with Gasteiger partial charge in [0.05, 0.1) is 19.2 Å². The molecule has 1 N–H and O–H groups in total. The number of aliphatic imine (C=N–C) groups is 1. The Hall–Kier alpha value is -4.84. The minimum Gasteiger partial charge on any atom is -0.497 e. The van der Waals surface area contributed by atoms with Crippen LogP contribution in [0.1, 0.15) is 32.7 Å². The van der Waals surface area contributed by atoms with Crippen LogP contribution in [0.25, 0.3) is 0 Å². The molecule has 0 aliphatic heterocycles. The molecule has 0 spiro atoms. The molecule has 6 nitrogen and oxygen atoms in total. The zero-order chi connectivity index (χ0) is 25.2. The van der Waals surface area contributed by atoms with E-state index < -0.39 is 0 Å². The summed E-state index contributed by atoms with van der Waals surface area (Å²) < 4.78 is 5.22. The summed E-state index contributed by atoms with van der Waals surface area (Å²) in [5.41, 5.74) is 5.46. The van der Waals surface area contributed by atoms with Crippen molar-refractivity contribution in [2.75, 3.05) is 7.11 Å². The molecule has 0 aliphatic rings. The lowest BCUT2D eigenvalue weighted by molar-refractivity contribution is 0.0985. The summed E-state index contributed by atoms with van der Waals surface area (Å²) in [6.07, 6.45) is -0.157. The number of ketones is 2. The number of hydrogen-bond donors (Lipinski definition) is 1. The van der Waals surface area contributed by atoms with E-state index in [0.29, 0.717) is 22.6 Å². The van der Waals surface area contributed by atoms with Crippen molar-refractivity contribution in [3.05, 3.63) is 132 Å². The van der Waals surface area contributed by atoms with Gasteiger partial charge in [-0.05, 0) is 24.3 Å². The topological polar surface area (TPSA) is 80.1 Å². The Bertz CT molecular complexity index is 1370. The summed E-state index contributed by atoms with van der Waals surface area (Å²) in [5, 5.41) is 4.41. The summed E-state index contributed by atoms with van der Waals surface area (Å²) in [4.78, 5) is 31.0. The lowest BCUT2D eigenvalue weighted by Crippen LogP contribution is -2.26. The fourth-order valence-electron chi connectivity index (χ4n) is 3.46. The molecule has 0 amide bonds. The number of nitrogens with zero attached hydrogens (tertiary/aromatic N) is 2. The minimum absolute atomic E-state index is 0.0911. The number of carbonyl (C=O) groups is 2. The number of Topliss-reactive ketones (excluding diaryl/α,β-unsaturated/α-hetero) is 2. The van der Waals surface area contributed by atoms with Crippen LogP contribution in [0.2, 0.25) is 0 Å². The van der Waals surface area contributed by atoms with Gasteiger partial charge in [0.25, 0.3) is 0 Å². The van der Waals surface area contributed by atoms with Crippen LogP contribution in [0.4, 0.5) is 5.69 Å². The lowest BCUT2D eigenvalue weighted by Gasteiger charge is -2.10. The largest absolute Gasteiger partial charge is 0.497 e. The van der Waals surface area contributed by atoms with Gasteiger partial charge in [-0.25, -0.2) is 4.99 Å². The second-order valence-electron chi connectivity index (χ2n) is 7.86. The first-order valence-electron chi connectivity index (χ1n) is 11.4. The van der Waals surface area contributed by atoms with Crippen LogP contribution in [-0.2, 0) is 0 Å². The third kappa shape index (κ3) is 6.39. The average Bonchev–Trinajstić information content (AvgIpc) is 2.95. The van der Waals surface area contributed by atoms with Crippen LogP contribution in [-0.4, -0.2) is 30.2 Å². The van der Waals surface area contributed by atoms with Gasteiger partial charge in [-0.2, -0.15) is 5.10 Å². The van der Waals surface area contributed by atoms with Gasteiger partial charge in [-0.15, -0.1) is 0 Å². The molecule has 0 saturated heterocycles. The maximum atomic E-state index is 13.3. The highest BCUT2D eigenvalue weighted by Crippen LogP contribution is 2.19. The average molecular weight is 476 g/mol. The first kappa shape index (κ1) is 24.3. The van der Waals surface area contributed by atoms with Gasteiger partial charge < -0.3 is 4.74 Å². The van der Waals surface area contributed by atoms with Gasteiger partial charge in [-0.1, -0.05) is 91.0 Å². The predicted octanol–water partition coefficient (Wildman–Crippen LogP) is 5.88. The van der Waals surface area contributed by atoms with E-state index in [1.807, 2.05) is 66.7 Å². The van der Waals surface area contributed by atoms with Gasteiger partial charge in [-0.3, -0.25) is 15.0 Å². The van der Waals surface area contributed by atoms with E-state index in [1.54, 1.807) is 55.6 Å². The van der Waals surface area contributed by atoms with E-state index in [4.69, 9.17) is 9.73 Å². The van der Waals surface area contributed by atoms with Gasteiger partial charge in [0, 0.05) is 16.7 Å². The molecule has 0 aliphatic carbocycles. The fraction of sp³-hybridized carbons (Fsp3) is 0.0667. The van der Waals surface area contributed by atoms with Crippen LogP contribution in [0.5, 0.6) is 5.75 Å². The second kappa shape index (κ2) is 12.0. The number of carbonyl (C=O) groups excluding carboxylic acids is 2. The first-order valence-corrected chi connectivity index (χ1v) is 11.4. The number of ether oxygens (including phenoxy) is 1. The normalized spacial score (nSPS) is 11.6. The number of methoxy groups -OCH3 is 1. The van der Waals surface area contributed by atoms with Gasteiger partial charge in [0.15, 0.2) is 11.6 Å². The van der Waals surface area contributed by atoms with Crippen LogP contribution >= 0.6 is 0 Å². The van der Waals surface area contributed by atoms with E-state index >= 15 is 0 Å². The smallest absolute Gasteiger partial charge is 0.209 e. The van der Waals surface area contributed by atoms with E-state index in [1.165, 1.54) is 0 Å². The highest BCUT2D eigenvalue weighted by atomic mass is 16.5. The lowest BCUT2D eigenvalue weighted by atomic mass is 10.00. The maximum absolute atomic E-state index is 13.3. The summed E-state index contributed by atoms with van der Waals surface area (Å²) in [6.45, 7) is 0. The number of nitrogens with one attached hydrogen (secondary N) is 1. The van der Waals surface area contributed by atoms with Crippen molar-refractivity contribution in [1.29, 1.82) is 0 Å². The van der Waals surface area contributed by atoms with Crippen LogP contribution in [0, 0.1) is 0 Å². The summed E-state index contributed by atoms with van der Waals surface area (Å²) in [5.74, 6) is 0.626. The Morgan fingerprint density at radius 2 is 1.22 bits per heavy atom. The molecule has 0 unspecified atom stereocenters. The monoisotopic (exact) mass is 475 g/mol. The number of amidine groups is 1. The van der Waals surface area contributed by atoms with Crippen LogP contribution in [0.3, 0.4) is 0 Å². The molecule has 0 fully saturated rings. The van der Waals surface area contributed by atoms with Gasteiger partial charge >= 0.3 is 0 Å². The van der Waals surface area contributed by atoms with Crippen LogP contribution < -0.4 is 10.2 Å². The molecule has 6 heteroatoms. The van der Waals surface area contributed by atoms with Crippen molar-refractivity contribution in [3.8, 4) is 5.75 Å². The first-order chi connectivity index (χ1) is 17.6. The molecule has 4 rings (SSSR count). The Morgan fingerprint density at radius 3 is 1.78 bits per heavy atom. The van der Waals surface area contributed by atoms with Gasteiger partial charge in [0.1, 0.15) is 11.5 Å². The molecule has 4 aromatic rings. The number of hydrogen-bond acceptors (Lipinski definition) is 5. The maximum Gasteiger partial charge on any atom is 0.209 e. The molecule has 0 heterocycles. The molecule has 0 bridgehead atoms. The molecule has 0 atom stereocenters. The third-order valence-corrected chi connectivity index (χ3v) is 5.38. The Labute approximate surface area is 210 Å². The Balaban J connectivity index is 1.69. The number of hydrazone groups is 1. The highest BCUT2D eigenvalue weighted by molar-refractivity contribution is 6.49. The van der Waals surface area contributed by atoms with Crippen molar-refractivity contribution in [2.24, 2.45) is 10.1 Å². The van der Waals surface area contributed by atoms with Crippen molar-refractivity contribution >= 4 is 28.8 Å². The van der Waals surface area contributed by atoms with E-state index in [2.05, 4.69) is 10.5 Å². The quantitative estimate of drug-likeness (QED) is 0.142. The zero-order valence-electron chi connectivity index (χ0n) is 19.8. The van der Waals surface area contributed by atoms with E-state index in [9.17, 15) is 9.59 Å². The summed E-state index contributed by atoms with van der Waals surface area (Å²) in [6, 6.07) is 34.4. The van der Waals surface area contributed by atoms with Crippen LogP contribution in [0.15, 0.2) is 125 Å². The van der Waals surface area contributed by atoms with Crippen molar-refractivity contribution in [2.45, 2.75) is 6.42 Å². The van der Waals surface area contributed by atoms with Crippen molar-refractivity contribution in [1.82, 2.24) is 5.43 Å². The highest BCUT2D eigenvalue weighted by Gasteiger charge is 2.19. The summed E-state index contributed by atoms with van der Waals surface area (Å²) in [7, 11) is 1.60. The summed E-state index contributed by atoms with van der Waals surface area (Å²) >= 11 is 0. The second-order valence-corrected chi connectivity index (χ2v) is 7.86. The van der Waals surface area contributed by atoms with E-state index in [0.717, 1.165) is 11.3 Å². The molecule has 0 radical (unpaired) electrons. The van der Waals surface area contributed by atoms with Gasteiger partial charge in [0.2, 0.25) is 5.78 Å². The SMILES string of the molecule is COc1ccc(N=C(N/N=C(/CC(=O)c2ccccc2)C(=O)c2ccccc2)c2ccccc2)cc1. The molecule has 178 valence electrons. The molecule has 36 heavy (non-hydrogen) atoms. The van der Waals surface area contributed by atoms with Crippen molar-refractivity contribution in [3.63, 3.8) is 0 Å². The third-order valence-electron chi connectivity index (χ3n) is 5.38. The molecule has 0 saturated carbocycles. The number of benzene rings is 4. The number of rotatable bonds is 9. The Kier molecular flexibility index (Phi) is 8.12. The zero-order valence-corrected chi connectivity index (χ0v) is 19.8. The van der Waals surface area contributed by atoms with E-state index in [-0.39, 0.29) is 23.7 Å². The molecular weight excluding hydrogens is 450 g/mol. The molecular formula is C30H25N3O3. The van der Waals surface area contributed by atoms with Crippen molar-refractivity contribution < 1.29 is 14.3 Å². The minimum atomic E-state index is -0.329. The standard InChI is InChI=1S/C30H25N3O3/c1-36-26-19-17-25(18-20-26)31-30(24-15-9-4-10-16-24)33-32-27(29(35)23-13-7-3-8-14-23)21-28(34)22-11-5-2-6-12-22/h2-20H,21H2,1H3,(H,31,33)/b32-27-. The Morgan fingerprint density at radius 1 is 0.694 bits per heavy atom.